The number of rotatable bonds is 5. The van der Waals surface area contributed by atoms with Crippen molar-refractivity contribution in [2.75, 3.05) is 7.11 Å². The number of sulfonamides is 2. The van der Waals surface area contributed by atoms with E-state index in [1.165, 1.54) is 18.2 Å². The summed E-state index contributed by atoms with van der Waals surface area (Å²) in [4.78, 5) is -0.365. The fourth-order valence-electron chi connectivity index (χ4n) is 2.43. The molecule has 1 saturated carbocycles. The van der Waals surface area contributed by atoms with E-state index in [0.29, 0.717) is 6.42 Å². The third-order valence-corrected chi connectivity index (χ3v) is 5.90. The van der Waals surface area contributed by atoms with Crippen LogP contribution in [0.2, 0.25) is 0 Å². The topological polar surface area (TPSA) is 116 Å². The van der Waals surface area contributed by atoms with E-state index in [4.69, 9.17) is 9.88 Å². The Balaban J connectivity index is 2.28. The molecule has 21 heavy (non-hydrogen) atoms. The molecular formula is C12H18N2O5S2. The number of methoxy groups -OCH3 is 1. The highest BCUT2D eigenvalue weighted by Gasteiger charge is 2.31. The van der Waals surface area contributed by atoms with Gasteiger partial charge in [-0.1, -0.05) is 6.07 Å². The Labute approximate surface area is 124 Å². The summed E-state index contributed by atoms with van der Waals surface area (Å²) in [5.41, 5.74) is 0. The maximum absolute atomic E-state index is 12.3. The number of benzene rings is 1. The van der Waals surface area contributed by atoms with Crippen molar-refractivity contribution in [1.29, 1.82) is 0 Å². The number of hydrogen-bond donors (Lipinski definition) is 2. The van der Waals surface area contributed by atoms with Crippen LogP contribution in [0.3, 0.4) is 0 Å². The Bertz CT molecular complexity index is 715. The van der Waals surface area contributed by atoms with Gasteiger partial charge in [-0.15, -0.1) is 0 Å². The Morgan fingerprint density at radius 1 is 1.19 bits per heavy atom. The minimum atomic E-state index is -3.95. The Kier molecular flexibility index (Phi) is 4.69. The lowest BCUT2D eigenvalue weighted by Crippen LogP contribution is -2.40. The molecule has 0 aliphatic heterocycles. The third-order valence-electron chi connectivity index (χ3n) is 3.51. The number of hydrogen-bond acceptors (Lipinski definition) is 5. The Hall–Kier alpha value is -1.00. The van der Waals surface area contributed by atoms with Gasteiger partial charge in [-0.05, 0) is 37.5 Å². The van der Waals surface area contributed by atoms with Gasteiger partial charge in [0.05, 0.1) is 15.9 Å². The molecule has 0 aromatic heterocycles. The predicted octanol–water partition coefficient (Wildman–Crippen LogP) is 0.180. The van der Waals surface area contributed by atoms with Crippen molar-refractivity contribution in [1.82, 2.24) is 4.72 Å². The van der Waals surface area contributed by atoms with Crippen LogP contribution in [0.25, 0.3) is 0 Å². The van der Waals surface area contributed by atoms with Gasteiger partial charge in [0, 0.05) is 13.2 Å². The Morgan fingerprint density at radius 2 is 1.86 bits per heavy atom. The van der Waals surface area contributed by atoms with Gasteiger partial charge in [0.2, 0.25) is 20.0 Å². The molecule has 0 spiro atoms. The van der Waals surface area contributed by atoms with Crippen LogP contribution < -0.4 is 9.86 Å². The smallest absolute Gasteiger partial charge is 0.240 e. The van der Waals surface area contributed by atoms with Crippen molar-refractivity contribution >= 4 is 20.0 Å². The molecule has 0 bridgehead atoms. The van der Waals surface area contributed by atoms with Gasteiger partial charge in [-0.2, -0.15) is 0 Å². The quantitative estimate of drug-likeness (QED) is 0.797. The molecule has 2 rings (SSSR count). The van der Waals surface area contributed by atoms with Crippen LogP contribution in [0, 0.1) is 0 Å². The summed E-state index contributed by atoms with van der Waals surface area (Å²) in [6.45, 7) is 0. The van der Waals surface area contributed by atoms with E-state index in [2.05, 4.69) is 4.72 Å². The lowest BCUT2D eigenvalue weighted by molar-refractivity contribution is 0.0916. The van der Waals surface area contributed by atoms with E-state index in [-0.39, 0.29) is 21.9 Å². The fourth-order valence-corrected chi connectivity index (χ4v) is 4.41. The maximum atomic E-state index is 12.3. The van der Waals surface area contributed by atoms with Gasteiger partial charge >= 0.3 is 0 Å². The molecule has 1 aromatic carbocycles. The first kappa shape index (κ1) is 16.4. The molecule has 3 N–H and O–H groups in total. The van der Waals surface area contributed by atoms with Crippen LogP contribution in [0.1, 0.15) is 19.3 Å². The molecule has 1 fully saturated rings. The molecule has 9 heteroatoms. The largest absolute Gasteiger partial charge is 0.380 e. The van der Waals surface area contributed by atoms with E-state index in [1.54, 1.807) is 7.11 Å². The van der Waals surface area contributed by atoms with Gasteiger partial charge in [-0.25, -0.2) is 26.7 Å². The van der Waals surface area contributed by atoms with Crippen molar-refractivity contribution in [3.63, 3.8) is 0 Å². The average Bonchev–Trinajstić information content (AvgIpc) is 2.84. The third kappa shape index (κ3) is 3.80. The molecule has 0 heterocycles. The summed E-state index contributed by atoms with van der Waals surface area (Å²) in [6.07, 6.45) is 2.19. The van der Waals surface area contributed by atoms with Crippen LogP contribution in [-0.2, 0) is 24.8 Å². The number of nitrogens with one attached hydrogen (secondary N) is 1. The zero-order valence-corrected chi connectivity index (χ0v) is 13.2. The zero-order chi connectivity index (χ0) is 15.7. The SMILES string of the molecule is COC1CCCC1NS(=O)(=O)c1cccc(S(N)(=O)=O)c1. The molecule has 0 amide bonds. The van der Waals surface area contributed by atoms with E-state index in [0.717, 1.165) is 18.9 Å². The fraction of sp³-hybridized carbons (Fsp3) is 0.500. The molecule has 1 aromatic rings. The van der Waals surface area contributed by atoms with Crippen molar-refractivity contribution < 1.29 is 21.6 Å². The van der Waals surface area contributed by atoms with E-state index < -0.39 is 20.0 Å². The molecule has 1 aliphatic carbocycles. The summed E-state index contributed by atoms with van der Waals surface area (Å²) in [6, 6.07) is 4.67. The van der Waals surface area contributed by atoms with Gasteiger partial charge in [-0.3, -0.25) is 0 Å². The minimum absolute atomic E-state index is 0.129. The van der Waals surface area contributed by atoms with E-state index in [1.807, 2.05) is 0 Å². The zero-order valence-electron chi connectivity index (χ0n) is 11.5. The maximum Gasteiger partial charge on any atom is 0.240 e. The highest BCUT2D eigenvalue weighted by Crippen LogP contribution is 2.24. The summed E-state index contributed by atoms with van der Waals surface area (Å²) in [5, 5.41) is 5.01. The molecule has 2 atom stereocenters. The average molecular weight is 334 g/mol. The lowest BCUT2D eigenvalue weighted by atomic mass is 10.2. The van der Waals surface area contributed by atoms with Crippen LogP contribution in [-0.4, -0.2) is 36.1 Å². The second-order valence-corrected chi connectivity index (χ2v) is 8.23. The second-order valence-electron chi connectivity index (χ2n) is 4.95. The van der Waals surface area contributed by atoms with Gasteiger partial charge in [0.25, 0.3) is 0 Å². The van der Waals surface area contributed by atoms with Gasteiger partial charge in [0.15, 0.2) is 0 Å². The minimum Gasteiger partial charge on any atom is -0.380 e. The van der Waals surface area contributed by atoms with Gasteiger partial charge < -0.3 is 4.74 Å². The van der Waals surface area contributed by atoms with Crippen LogP contribution in [0.4, 0.5) is 0 Å². The van der Waals surface area contributed by atoms with Crippen molar-refractivity contribution in [3.8, 4) is 0 Å². The van der Waals surface area contributed by atoms with Crippen molar-refractivity contribution in [2.45, 2.75) is 41.2 Å². The normalized spacial score (nSPS) is 23.3. The second kappa shape index (κ2) is 6.01. The predicted molar refractivity (Wildman–Crippen MR) is 76.6 cm³/mol. The lowest BCUT2D eigenvalue weighted by Gasteiger charge is -2.19. The highest BCUT2D eigenvalue weighted by atomic mass is 32.2. The summed E-state index contributed by atoms with van der Waals surface area (Å²) in [7, 11) is -6.22. The molecule has 2 unspecified atom stereocenters. The summed E-state index contributed by atoms with van der Waals surface area (Å²) >= 11 is 0. The van der Waals surface area contributed by atoms with E-state index in [9.17, 15) is 16.8 Å². The first-order valence-corrected chi connectivity index (χ1v) is 9.45. The molecular weight excluding hydrogens is 316 g/mol. The molecule has 7 nitrogen and oxygen atoms in total. The molecule has 118 valence electrons. The standard InChI is InChI=1S/C12H18N2O5S2/c1-19-12-7-3-6-11(12)14-21(17,18)10-5-2-4-9(8-10)20(13,15)16/h2,4-5,8,11-12,14H,3,6-7H2,1H3,(H2,13,15,16). The molecule has 0 radical (unpaired) electrons. The van der Waals surface area contributed by atoms with Crippen LogP contribution in [0.15, 0.2) is 34.1 Å². The van der Waals surface area contributed by atoms with Crippen LogP contribution >= 0.6 is 0 Å². The Morgan fingerprint density at radius 3 is 2.48 bits per heavy atom. The van der Waals surface area contributed by atoms with Gasteiger partial charge in [0.1, 0.15) is 0 Å². The monoisotopic (exact) mass is 334 g/mol. The highest BCUT2D eigenvalue weighted by molar-refractivity contribution is 7.90. The number of primary sulfonamides is 1. The van der Waals surface area contributed by atoms with Crippen LogP contribution in [0.5, 0.6) is 0 Å². The molecule has 1 aliphatic rings. The molecule has 0 saturated heterocycles. The summed E-state index contributed by atoms with van der Waals surface area (Å²) < 4.78 is 55.1. The first-order chi connectivity index (χ1) is 9.74. The number of nitrogens with two attached hydrogens (primary N) is 1. The number of ether oxygens (including phenoxy) is 1. The summed E-state index contributed by atoms with van der Waals surface area (Å²) in [5.74, 6) is 0. The van der Waals surface area contributed by atoms with Crippen molar-refractivity contribution in [3.05, 3.63) is 24.3 Å². The first-order valence-electron chi connectivity index (χ1n) is 6.42. The van der Waals surface area contributed by atoms with E-state index >= 15 is 0 Å². The van der Waals surface area contributed by atoms with Crippen molar-refractivity contribution in [2.24, 2.45) is 5.14 Å².